The van der Waals surface area contributed by atoms with Gasteiger partial charge in [0.1, 0.15) is 5.75 Å². The van der Waals surface area contributed by atoms with Crippen LogP contribution in [0.15, 0.2) is 36.4 Å². The first-order valence-corrected chi connectivity index (χ1v) is 6.36. The molecule has 0 heterocycles. The molecule has 0 aliphatic carbocycles. The summed E-state index contributed by atoms with van der Waals surface area (Å²) in [5, 5.41) is 0. The summed E-state index contributed by atoms with van der Waals surface area (Å²) < 4.78 is 32.0. The van der Waals surface area contributed by atoms with Crippen molar-refractivity contribution in [1.82, 2.24) is 0 Å². The predicted molar refractivity (Wildman–Crippen MR) is 74.7 cm³/mol. The Morgan fingerprint density at radius 3 is 2.60 bits per heavy atom. The number of methoxy groups -OCH3 is 1. The van der Waals surface area contributed by atoms with Crippen LogP contribution in [-0.2, 0) is 6.42 Å². The minimum absolute atomic E-state index is 0.245. The van der Waals surface area contributed by atoms with Crippen LogP contribution in [0.3, 0.4) is 0 Å². The van der Waals surface area contributed by atoms with Gasteiger partial charge in [-0.25, -0.2) is 8.78 Å². The third-order valence-electron chi connectivity index (χ3n) is 3.32. The third-order valence-corrected chi connectivity index (χ3v) is 3.32. The van der Waals surface area contributed by atoms with E-state index >= 15 is 0 Å². The summed E-state index contributed by atoms with van der Waals surface area (Å²) in [7, 11) is 1.60. The van der Waals surface area contributed by atoms with Gasteiger partial charge in [0.2, 0.25) is 0 Å². The van der Waals surface area contributed by atoms with Crippen LogP contribution in [-0.4, -0.2) is 7.11 Å². The lowest BCUT2D eigenvalue weighted by Crippen LogP contribution is -2.14. The molecule has 0 saturated carbocycles. The topological polar surface area (TPSA) is 35.2 Å². The molecule has 2 aromatic carbocycles. The summed E-state index contributed by atoms with van der Waals surface area (Å²) in [6.45, 7) is 1.91. The summed E-state index contributed by atoms with van der Waals surface area (Å²) in [5.41, 5.74) is 8.19. The lowest BCUT2D eigenvalue weighted by atomic mass is 9.97. The monoisotopic (exact) mass is 277 g/mol. The molecule has 20 heavy (non-hydrogen) atoms. The van der Waals surface area contributed by atoms with Gasteiger partial charge in [0.05, 0.1) is 7.11 Å². The molecule has 1 unspecified atom stereocenters. The van der Waals surface area contributed by atoms with Crippen molar-refractivity contribution >= 4 is 0 Å². The molecule has 0 aliphatic heterocycles. The number of halogens is 2. The molecule has 0 aromatic heterocycles. The Morgan fingerprint density at radius 2 is 1.95 bits per heavy atom. The van der Waals surface area contributed by atoms with Crippen LogP contribution in [0.1, 0.15) is 22.7 Å². The lowest BCUT2D eigenvalue weighted by molar-refractivity contribution is 0.411. The van der Waals surface area contributed by atoms with Gasteiger partial charge in [0.25, 0.3) is 0 Å². The normalized spacial score (nSPS) is 12.2. The van der Waals surface area contributed by atoms with Crippen molar-refractivity contribution in [3.05, 3.63) is 64.7 Å². The molecule has 0 radical (unpaired) electrons. The first-order chi connectivity index (χ1) is 9.52. The van der Waals surface area contributed by atoms with E-state index in [0.29, 0.717) is 0 Å². The number of nitrogens with two attached hydrogens (primary N) is 1. The highest BCUT2D eigenvalue weighted by Crippen LogP contribution is 2.24. The molecule has 2 rings (SSSR count). The van der Waals surface area contributed by atoms with Crippen LogP contribution in [0.25, 0.3) is 0 Å². The zero-order chi connectivity index (χ0) is 14.7. The fourth-order valence-corrected chi connectivity index (χ4v) is 2.19. The summed E-state index contributed by atoms with van der Waals surface area (Å²) >= 11 is 0. The molecule has 0 bridgehead atoms. The van der Waals surface area contributed by atoms with Crippen molar-refractivity contribution in [2.45, 2.75) is 19.4 Å². The molecule has 1 atom stereocenters. The standard InChI is InChI=1S/C16H17F2NO/c1-10-8-11(6-7-15(10)20-2)14(19)9-12-4-3-5-13(17)16(12)18/h3-8,14H,9,19H2,1-2H3. The van der Waals surface area contributed by atoms with Crippen molar-refractivity contribution in [3.63, 3.8) is 0 Å². The molecule has 0 fully saturated rings. The van der Waals surface area contributed by atoms with Gasteiger partial charge in [-0.1, -0.05) is 24.3 Å². The molecule has 2 nitrogen and oxygen atoms in total. The molecule has 0 saturated heterocycles. The quantitative estimate of drug-likeness (QED) is 0.928. The van der Waals surface area contributed by atoms with Crippen LogP contribution in [0, 0.1) is 18.6 Å². The highest BCUT2D eigenvalue weighted by atomic mass is 19.2. The molecule has 0 spiro atoms. The number of hydrogen-bond acceptors (Lipinski definition) is 2. The Hall–Kier alpha value is -1.94. The third kappa shape index (κ3) is 2.96. The van der Waals surface area contributed by atoms with E-state index in [1.807, 2.05) is 25.1 Å². The Kier molecular flexibility index (Phi) is 4.35. The second-order valence-corrected chi connectivity index (χ2v) is 4.75. The predicted octanol–water partition coefficient (Wildman–Crippen LogP) is 3.52. The molecular formula is C16H17F2NO. The Bertz CT molecular complexity index is 613. The summed E-state index contributed by atoms with van der Waals surface area (Å²) in [6, 6.07) is 9.31. The summed E-state index contributed by atoms with van der Waals surface area (Å²) in [4.78, 5) is 0. The maximum atomic E-state index is 13.6. The highest BCUT2D eigenvalue weighted by molar-refractivity contribution is 5.38. The van der Waals surface area contributed by atoms with Crippen LogP contribution >= 0.6 is 0 Å². The number of ether oxygens (including phenoxy) is 1. The Labute approximate surface area is 117 Å². The van der Waals surface area contributed by atoms with E-state index in [2.05, 4.69) is 0 Å². The summed E-state index contributed by atoms with van der Waals surface area (Å²) in [6.07, 6.45) is 0.245. The number of hydrogen-bond donors (Lipinski definition) is 1. The van der Waals surface area contributed by atoms with Gasteiger partial charge in [-0.2, -0.15) is 0 Å². The Balaban J connectivity index is 2.21. The van der Waals surface area contributed by atoms with E-state index in [9.17, 15) is 8.78 Å². The fourth-order valence-electron chi connectivity index (χ4n) is 2.19. The van der Waals surface area contributed by atoms with Gasteiger partial charge in [-0.3, -0.25) is 0 Å². The highest BCUT2D eigenvalue weighted by Gasteiger charge is 2.14. The van der Waals surface area contributed by atoms with E-state index in [-0.39, 0.29) is 12.0 Å². The summed E-state index contributed by atoms with van der Waals surface area (Å²) in [5.74, 6) is -0.897. The largest absolute Gasteiger partial charge is 0.496 e. The van der Waals surface area contributed by atoms with Gasteiger partial charge >= 0.3 is 0 Å². The number of aryl methyl sites for hydroxylation is 1. The van der Waals surface area contributed by atoms with Gasteiger partial charge in [0, 0.05) is 6.04 Å². The second kappa shape index (κ2) is 6.01. The SMILES string of the molecule is COc1ccc(C(N)Cc2cccc(F)c2F)cc1C. The van der Waals surface area contributed by atoms with Crippen LogP contribution in [0.4, 0.5) is 8.78 Å². The van der Waals surface area contributed by atoms with E-state index in [1.54, 1.807) is 13.2 Å². The van der Waals surface area contributed by atoms with Crippen LogP contribution < -0.4 is 10.5 Å². The van der Waals surface area contributed by atoms with Crippen LogP contribution in [0.5, 0.6) is 5.75 Å². The first kappa shape index (κ1) is 14.5. The van der Waals surface area contributed by atoms with Crippen molar-refractivity contribution in [1.29, 1.82) is 0 Å². The number of benzene rings is 2. The fraction of sp³-hybridized carbons (Fsp3) is 0.250. The molecule has 2 aromatic rings. The van der Waals surface area contributed by atoms with Gasteiger partial charge in [-0.15, -0.1) is 0 Å². The van der Waals surface area contributed by atoms with Crippen molar-refractivity contribution in [3.8, 4) is 5.75 Å². The van der Waals surface area contributed by atoms with Gasteiger partial charge < -0.3 is 10.5 Å². The smallest absolute Gasteiger partial charge is 0.162 e. The van der Waals surface area contributed by atoms with Crippen molar-refractivity contribution < 1.29 is 13.5 Å². The second-order valence-electron chi connectivity index (χ2n) is 4.75. The zero-order valence-electron chi connectivity index (χ0n) is 11.5. The average Bonchev–Trinajstić information content (AvgIpc) is 2.43. The maximum Gasteiger partial charge on any atom is 0.162 e. The lowest BCUT2D eigenvalue weighted by Gasteiger charge is -2.15. The minimum Gasteiger partial charge on any atom is -0.496 e. The van der Waals surface area contributed by atoms with E-state index in [0.717, 1.165) is 22.9 Å². The van der Waals surface area contributed by atoms with E-state index < -0.39 is 17.7 Å². The van der Waals surface area contributed by atoms with E-state index in [4.69, 9.17) is 10.5 Å². The molecule has 2 N–H and O–H groups in total. The Morgan fingerprint density at radius 1 is 1.20 bits per heavy atom. The molecule has 0 aliphatic rings. The molecule has 0 amide bonds. The average molecular weight is 277 g/mol. The maximum absolute atomic E-state index is 13.6. The molecule has 4 heteroatoms. The molecular weight excluding hydrogens is 260 g/mol. The van der Waals surface area contributed by atoms with Crippen molar-refractivity contribution in [2.24, 2.45) is 5.73 Å². The van der Waals surface area contributed by atoms with Gasteiger partial charge in [0.15, 0.2) is 11.6 Å². The van der Waals surface area contributed by atoms with E-state index in [1.165, 1.54) is 6.07 Å². The van der Waals surface area contributed by atoms with Crippen LogP contribution in [0.2, 0.25) is 0 Å². The number of rotatable bonds is 4. The first-order valence-electron chi connectivity index (χ1n) is 6.36. The van der Waals surface area contributed by atoms with Gasteiger partial charge in [-0.05, 0) is 42.2 Å². The molecule has 106 valence electrons. The zero-order valence-corrected chi connectivity index (χ0v) is 11.5. The van der Waals surface area contributed by atoms with Crippen molar-refractivity contribution in [2.75, 3.05) is 7.11 Å². The minimum atomic E-state index is -0.847.